The van der Waals surface area contributed by atoms with Gasteiger partial charge in [0.15, 0.2) is 5.82 Å². The second-order valence-corrected chi connectivity index (χ2v) is 4.65. The summed E-state index contributed by atoms with van der Waals surface area (Å²) in [5, 5.41) is 11.1. The Bertz CT molecular complexity index is 818. The maximum atomic E-state index is 13.4. The van der Waals surface area contributed by atoms with Crippen molar-refractivity contribution in [1.82, 2.24) is 20.2 Å². The number of halogens is 3. The summed E-state index contributed by atoms with van der Waals surface area (Å²) in [7, 11) is 0. The first-order valence-electron chi connectivity index (χ1n) is 5.85. The lowest BCUT2D eigenvalue weighted by Crippen LogP contribution is -2.02. The topological polar surface area (TPSA) is 69.6 Å². The smallest absolute Gasteiger partial charge is 0.189 e. The van der Waals surface area contributed by atoms with Gasteiger partial charge in [0.25, 0.3) is 0 Å². The number of nitrogens with zero attached hydrogens (tertiary/aromatic N) is 4. The molecule has 0 fully saturated rings. The van der Waals surface area contributed by atoms with Crippen molar-refractivity contribution >= 4 is 17.3 Å². The second kappa shape index (κ2) is 5.10. The highest BCUT2D eigenvalue weighted by molar-refractivity contribution is 6.30. The van der Waals surface area contributed by atoms with Crippen LogP contribution < -0.4 is 5.73 Å². The highest BCUT2D eigenvalue weighted by Gasteiger charge is 2.15. The van der Waals surface area contributed by atoms with Crippen molar-refractivity contribution in [2.24, 2.45) is 0 Å². The number of benzene rings is 2. The summed E-state index contributed by atoms with van der Waals surface area (Å²) in [6.45, 7) is 0. The molecule has 21 heavy (non-hydrogen) atoms. The van der Waals surface area contributed by atoms with E-state index in [1.807, 2.05) is 0 Å². The van der Waals surface area contributed by atoms with E-state index in [-0.39, 0.29) is 10.8 Å². The third kappa shape index (κ3) is 2.43. The molecule has 0 saturated heterocycles. The summed E-state index contributed by atoms with van der Waals surface area (Å²) < 4.78 is 27.9. The van der Waals surface area contributed by atoms with Crippen molar-refractivity contribution in [1.29, 1.82) is 0 Å². The van der Waals surface area contributed by atoms with E-state index in [4.69, 9.17) is 17.3 Å². The van der Waals surface area contributed by atoms with Crippen molar-refractivity contribution in [3.05, 3.63) is 53.1 Å². The predicted octanol–water partition coefficient (Wildman–Crippen LogP) is 2.84. The quantitative estimate of drug-likeness (QED) is 0.739. The van der Waals surface area contributed by atoms with Crippen LogP contribution in [0.5, 0.6) is 0 Å². The fraction of sp³-hybridized carbons (Fsp3) is 0. The molecule has 0 aliphatic carbocycles. The van der Waals surface area contributed by atoms with E-state index in [0.29, 0.717) is 16.9 Å². The second-order valence-electron chi connectivity index (χ2n) is 4.24. The van der Waals surface area contributed by atoms with Crippen LogP contribution >= 0.6 is 11.6 Å². The average Bonchev–Trinajstić information content (AvgIpc) is 2.93. The molecule has 0 atom stereocenters. The predicted molar refractivity (Wildman–Crippen MR) is 73.9 cm³/mol. The molecule has 0 amide bonds. The average molecular weight is 308 g/mol. The molecule has 2 aromatic carbocycles. The van der Waals surface area contributed by atoms with Crippen LogP contribution in [-0.4, -0.2) is 20.2 Å². The fourth-order valence-corrected chi connectivity index (χ4v) is 2.04. The summed E-state index contributed by atoms with van der Waals surface area (Å²) in [6.07, 6.45) is 0. The van der Waals surface area contributed by atoms with Gasteiger partial charge in [-0.25, -0.2) is 8.78 Å². The van der Waals surface area contributed by atoms with E-state index in [9.17, 15) is 8.78 Å². The molecule has 3 aromatic rings. The number of aromatic nitrogens is 4. The molecule has 8 heteroatoms. The number of nitrogens with two attached hydrogens (primary N) is 1. The molecule has 3 rings (SSSR count). The number of nitrogen functional groups attached to an aromatic ring is 1. The van der Waals surface area contributed by atoms with Crippen LogP contribution in [0.15, 0.2) is 36.4 Å². The van der Waals surface area contributed by atoms with Crippen molar-refractivity contribution < 1.29 is 8.78 Å². The zero-order chi connectivity index (χ0) is 15.0. The van der Waals surface area contributed by atoms with Gasteiger partial charge in [-0.1, -0.05) is 11.6 Å². The first-order valence-corrected chi connectivity index (χ1v) is 6.23. The normalized spacial score (nSPS) is 10.8. The lowest BCUT2D eigenvalue weighted by Gasteiger charge is -2.07. The van der Waals surface area contributed by atoms with Gasteiger partial charge >= 0.3 is 0 Å². The zero-order valence-electron chi connectivity index (χ0n) is 10.5. The van der Waals surface area contributed by atoms with Crippen LogP contribution in [0.3, 0.4) is 0 Å². The molecule has 0 aliphatic heterocycles. The Kier molecular flexibility index (Phi) is 3.26. The van der Waals surface area contributed by atoms with Crippen LogP contribution in [0.1, 0.15) is 0 Å². The van der Waals surface area contributed by atoms with E-state index in [2.05, 4.69) is 15.5 Å². The van der Waals surface area contributed by atoms with Gasteiger partial charge in [-0.15, -0.1) is 5.10 Å². The summed E-state index contributed by atoms with van der Waals surface area (Å²) in [5.41, 5.74) is 6.91. The minimum absolute atomic E-state index is 0.0684. The van der Waals surface area contributed by atoms with Gasteiger partial charge in [0.05, 0.1) is 10.7 Å². The maximum Gasteiger partial charge on any atom is 0.189 e. The van der Waals surface area contributed by atoms with Crippen molar-refractivity contribution in [2.45, 2.75) is 0 Å². The Labute approximate surface area is 123 Å². The molecule has 0 aliphatic rings. The van der Waals surface area contributed by atoms with Gasteiger partial charge in [0.2, 0.25) is 0 Å². The highest BCUT2D eigenvalue weighted by Crippen LogP contribution is 2.27. The lowest BCUT2D eigenvalue weighted by molar-refractivity contribution is 0.627. The minimum Gasteiger partial charge on any atom is -0.398 e. The molecule has 0 saturated carbocycles. The molecule has 0 spiro atoms. The van der Waals surface area contributed by atoms with E-state index in [0.717, 1.165) is 0 Å². The fourth-order valence-electron chi connectivity index (χ4n) is 1.87. The largest absolute Gasteiger partial charge is 0.398 e. The first kappa shape index (κ1) is 13.4. The highest BCUT2D eigenvalue weighted by atomic mass is 35.5. The molecule has 106 valence electrons. The van der Waals surface area contributed by atoms with Gasteiger partial charge < -0.3 is 5.73 Å². The van der Waals surface area contributed by atoms with Gasteiger partial charge in [0, 0.05) is 11.3 Å². The molecule has 0 unspecified atom stereocenters. The summed E-state index contributed by atoms with van der Waals surface area (Å²) in [6, 6.07) is 7.90. The number of hydrogen-bond donors (Lipinski definition) is 1. The summed E-state index contributed by atoms with van der Waals surface area (Å²) >= 11 is 5.74. The molecular formula is C13H8ClF2N5. The Morgan fingerprint density at radius 1 is 1.10 bits per heavy atom. The van der Waals surface area contributed by atoms with Crippen molar-refractivity contribution in [3.8, 4) is 17.1 Å². The van der Waals surface area contributed by atoms with Crippen LogP contribution in [0.2, 0.25) is 5.02 Å². The number of rotatable bonds is 2. The van der Waals surface area contributed by atoms with Crippen molar-refractivity contribution in [2.75, 3.05) is 5.73 Å². The summed E-state index contributed by atoms with van der Waals surface area (Å²) in [5.74, 6) is -0.791. The monoisotopic (exact) mass is 307 g/mol. The standard InChI is InChI=1S/C13H8ClF2N5/c14-10-6-8(2-3-11(10)16)21-13(18-19-20-21)9-5-7(15)1-4-12(9)17/h1-6H,17H2. The number of tetrazole rings is 1. The lowest BCUT2D eigenvalue weighted by atomic mass is 10.1. The van der Waals surface area contributed by atoms with E-state index in [1.165, 1.54) is 41.1 Å². The first-order chi connectivity index (χ1) is 10.1. The third-order valence-electron chi connectivity index (χ3n) is 2.87. The third-order valence-corrected chi connectivity index (χ3v) is 3.16. The molecule has 0 bridgehead atoms. The Morgan fingerprint density at radius 2 is 1.90 bits per heavy atom. The van der Waals surface area contributed by atoms with Crippen LogP contribution in [0.25, 0.3) is 17.1 Å². The van der Waals surface area contributed by atoms with Crippen LogP contribution in [0.4, 0.5) is 14.5 Å². The molecule has 1 aromatic heterocycles. The van der Waals surface area contributed by atoms with Crippen molar-refractivity contribution in [3.63, 3.8) is 0 Å². The van der Waals surface area contributed by atoms with E-state index < -0.39 is 11.6 Å². The molecule has 0 radical (unpaired) electrons. The minimum atomic E-state index is -0.555. The summed E-state index contributed by atoms with van der Waals surface area (Å²) in [4.78, 5) is 0. The Morgan fingerprint density at radius 3 is 2.67 bits per heavy atom. The van der Waals surface area contributed by atoms with E-state index in [1.54, 1.807) is 0 Å². The SMILES string of the molecule is Nc1ccc(F)cc1-c1nnnn1-c1ccc(F)c(Cl)c1. The number of hydrogen-bond acceptors (Lipinski definition) is 4. The van der Waals surface area contributed by atoms with Gasteiger partial charge in [0.1, 0.15) is 11.6 Å². The van der Waals surface area contributed by atoms with Crippen LogP contribution in [0, 0.1) is 11.6 Å². The molecular weight excluding hydrogens is 300 g/mol. The molecule has 1 heterocycles. The van der Waals surface area contributed by atoms with E-state index >= 15 is 0 Å². The van der Waals surface area contributed by atoms with Gasteiger partial charge in [-0.2, -0.15) is 4.68 Å². The van der Waals surface area contributed by atoms with Gasteiger partial charge in [-0.05, 0) is 46.8 Å². The maximum absolute atomic E-state index is 13.4. The van der Waals surface area contributed by atoms with Gasteiger partial charge in [-0.3, -0.25) is 0 Å². The van der Waals surface area contributed by atoms with Crippen LogP contribution in [-0.2, 0) is 0 Å². The zero-order valence-corrected chi connectivity index (χ0v) is 11.2. The molecule has 2 N–H and O–H groups in total. The number of anilines is 1. The Balaban J connectivity index is 2.17. The molecule has 5 nitrogen and oxygen atoms in total. The Hall–Kier alpha value is -2.54.